The van der Waals surface area contributed by atoms with Crippen molar-refractivity contribution in [3.05, 3.63) is 0 Å². The van der Waals surface area contributed by atoms with E-state index in [-0.39, 0.29) is 6.10 Å². The summed E-state index contributed by atoms with van der Waals surface area (Å²) in [7, 11) is 0. The molecule has 1 N–H and O–H groups in total. The molecule has 0 bridgehead atoms. The molecule has 1 nitrogen and oxygen atoms in total. The van der Waals surface area contributed by atoms with Crippen molar-refractivity contribution in [3.63, 3.8) is 0 Å². The summed E-state index contributed by atoms with van der Waals surface area (Å²) in [5.74, 6) is 0.576. The van der Waals surface area contributed by atoms with Gasteiger partial charge in [0.15, 0.2) is 0 Å². The molecule has 16 heavy (non-hydrogen) atoms. The quantitative estimate of drug-likeness (QED) is 0.702. The molecule has 1 heteroatoms. The minimum absolute atomic E-state index is 0.125. The van der Waals surface area contributed by atoms with Gasteiger partial charge in [0.25, 0.3) is 0 Å². The van der Waals surface area contributed by atoms with Gasteiger partial charge in [-0.3, -0.25) is 0 Å². The highest BCUT2D eigenvalue weighted by atomic mass is 16.3. The van der Waals surface area contributed by atoms with Crippen LogP contribution in [-0.2, 0) is 0 Å². The van der Waals surface area contributed by atoms with Gasteiger partial charge in [0.2, 0.25) is 0 Å². The molecule has 98 valence electrons. The van der Waals surface area contributed by atoms with Crippen LogP contribution in [0.15, 0.2) is 0 Å². The van der Waals surface area contributed by atoms with Gasteiger partial charge in [-0.1, -0.05) is 54.9 Å². The Kier molecular flexibility index (Phi) is 6.03. The number of hydrogen-bond donors (Lipinski definition) is 1. The van der Waals surface area contributed by atoms with Crippen LogP contribution in [0, 0.1) is 16.7 Å². The van der Waals surface area contributed by atoms with Crippen LogP contribution in [0.3, 0.4) is 0 Å². The maximum Gasteiger partial charge on any atom is 0.0543 e. The lowest BCUT2D eigenvalue weighted by Crippen LogP contribution is -2.24. The van der Waals surface area contributed by atoms with Gasteiger partial charge >= 0.3 is 0 Å². The zero-order valence-electron chi connectivity index (χ0n) is 12.4. The summed E-state index contributed by atoms with van der Waals surface area (Å²) in [6, 6.07) is 0. The van der Waals surface area contributed by atoms with Gasteiger partial charge in [-0.15, -0.1) is 0 Å². The summed E-state index contributed by atoms with van der Waals surface area (Å²) in [4.78, 5) is 0. The number of rotatable bonds is 6. The molecule has 0 aromatic heterocycles. The molecule has 0 saturated heterocycles. The molecule has 0 amide bonds. The van der Waals surface area contributed by atoms with E-state index in [1.807, 2.05) is 0 Å². The molecule has 2 unspecified atom stereocenters. The Labute approximate surface area is 103 Å². The highest BCUT2D eigenvalue weighted by Gasteiger charge is 2.24. The van der Waals surface area contributed by atoms with E-state index >= 15 is 0 Å². The summed E-state index contributed by atoms with van der Waals surface area (Å²) in [5, 5.41) is 10.0. The second kappa shape index (κ2) is 6.05. The molecular formula is C15H32O. The van der Waals surface area contributed by atoms with Gasteiger partial charge in [0.1, 0.15) is 0 Å². The fourth-order valence-electron chi connectivity index (χ4n) is 1.61. The first-order chi connectivity index (χ1) is 7.08. The van der Waals surface area contributed by atoms with Gasteiger partial charge in [0.05, 0.1) is 6.10 Å². The molecule has 2 atom stereocenters. The zero-order valence-corrected chi connectivity index (χ0v) is 12.4. The largest absolute Gasteiger partial charge is 0.393 e. The minimum atomic E-state index is -0.125. The number of hydrogen-bond acceptors (Lipinski definition) is 1. The average molecular weight is 228 g/mol. The Bertz CT molecular complexity index is 188. The van der Waals surface area contributed by atoms with Crippen LogP contribution in [-0.4, -0.2) is 11.2 Å². The van der Waals surface area contributed by atoms with E-state index in [0.29, 0.717) is 16.7 Å². The van der Waals surface area contributed by atoms with Gasteiger partial charge in [-0.25, -0.2) is 0 Å². The summed E-state index contributed by atoms with van der Waals surface area (Å²) >= 11 is 0. The Morgan fingerprint density at radius 2 is 1.56 bits per heavy atom. The Hall–Kier alpha value is -0.0400. The predicted molar refractivity (Wildman–Crippen MR) is 72.5 cm³/mol. The van der Waals surface area contributed by atoms with Crippen molar-refractivity contribution in [1.82, 2.24) is 0 Å². The molecule has 0 saturated carbocycles. The lowest BCUT2D eigenvalue weighted by atomic mass is 9.77. The first-order valence-electron chi connectivity index (χ1n) is 6.76. The highest BCUT2D eigenvalue weighted by Crippen LogP contribution is 2.32. The summed E-state index contributed by atoms with van der Waals surface area (Å²) < 4.78 is 0. The maximum absolute atomic E-state index is 10.0. The Morgan fingerprint density at radius 1 is 1.06 bits per heavy atom. The molecule has 0 rings (SSSR count). The van der Waals surface area contributed by atoms with Crippen molar-refractivity contribution in [2.75, 3.05) is 0 Å². The first kappa shape index (κ1) is 16.0. The molecule has 0 aliphatic carbocycles. The number of aliphatic hydroxyl groups excluding tert-OH is 1. The standard InChI is InChI=1S/C15H32O/c1-8-15(6,7)10-9-13(16)11-12(2)14(3,4)5/h12-13,16H,8-11H2,1-7H3. The van der Waals surface area contributed by atoms with Crippen LogP contribution in [0.4, 0.5) is 0 Å². The normalized spacial score (nSPS) is 17.2. The van der Waals surface area contributed by atoms with Crippen LogP contribution >= 0.6 is 0 Å². The Morgan fingerprint density at radius 3 is 1.94 bits per heavy atom. The molecule has 0 aromatic rings. The van der Waals surface area contributed by atoms with E-state index < -0.39 is 0 Å². The van der Waals surface area contributed by atoms with Crippen molar-refractivity contribution < 1.29 is 5.11 Å². The molecule has 0 spiro atoms. The van der Waals surface area contributed by atoms with Crippen molar-refractivity contribution in [2.24, 2.45) is 16.7 Å². The molecule has 0 fully saturated rings. The van der Waals surface area contributed by atoms with Crippen molar-refractivity contribution in [1.29, 1.82) is 0 Å². The molecule has 0 aromatic carbocycles. The minimum Gasteiger partial charge on any atom is -0.393 e. The van der Waals surface area contributed by atoms with Crippen molar-refractivity contribution >= 4 is 0 Å². The third-order valence-electron chi connectivity index (χ3n) is 4.22. The molecule has 0 aliphatic rings. The summed E-state index contributed by atoms with van der Waals surface area (Å²) in [6.45, 7) is 15.8. The lowest BCUT2D eigenvalue weighted by Gasteiger charge is -2.30. The van der Waals surface area contributed by atoms with Crippen LogP contribution < -0.4 is 0 Å². The first-order valence-corrected chi connectivity index (χ1v) is 6.76. The summed E-state index contributed by atoms with van der Waals surface area (Å²) in [6.07, 6.45) is 4.07. The zero-order chi connectivity index (χ0) is 13.0. The van der Waals surface area contributed by atoms with Crippen LogP contribution in [0.25, 0.3) is 0 Å². The second-order valence-electron chi connectivity index (χ2n) is 7.21. The molecule has 0 aliphatic heterocycles. The van der Waals surface area contributed by atoms with Gasteiger partial charge < -0.3 is 5.11 Å². The van der Waals surface area contributed by atoms with Gasteiger partial charge in [-0.05, 0) is 36.0 Å². The topological polar surface area (TPSA) is 20.2 Å². The van der Waals surface area contributed by atoms with Crippen LogP contribution in [0.5, 0.6) is 0 Å². The van der Waals surface area contributed by atoms with E-state index in [4.69, 9.17) is 0 Å². The van der Waals surface area contributed by atoms with E-state index in [0.717, 1.165) is 19.3 Å². The fourth-order valence-corrected chi connectivity index (χ4v) is 1.61. The van der Waals surface area contributed by atoms with Gasteiger partial charge in [-0.2, -0.15) is 0 Å². The van der Waals surface area contributed by atoms with E-state index in [1.54, 1.807) is 0 Å². The third-order valence-corrected chi connectivity index (χ3v) is 4.22. The van der Waals surface area contributed by atoms with E-state index in [1.165, 1.54) is 6.42 Å². The average Bonchev–Trinajstić information content (AvgIpc) is 2.13. The van der Waals surface area contributed by atoms with E-state index in [2.05, 4.69) is 48.5 Å². The van der Waals surface area contributed by atoms with Crippen molar-refractivity contribution in [3.8, 4) is 0 Å². The van der Waals surface area contributed by atoms with Crippen LogP contribution in [0.2, 0.25) is 0 Å². The van der Waals surface area contributed by atoms with E-state index in [9.17, 15) is 5.11 Å². The smallest absolute Gasteiger partial charge is 0.0543 e. The lowest BCUT2D eigenvalue weighted by molar-refractivity contribution is 0.0901. The maximum atomic E-state index is 10.0. The van der Waals surface area contributed by atoms with Crippen LogP contribution in [0.1, 0.15) is 74.1 Å². The highest BCUT2D eigenvalue weighted by molar-refractivity contribution is 4.75. The predicted octanol–water partition coefficient (Wildman–Crippen LogP) is 4.64. The third kappa shape index (κ3) is 6.52. The number of aliphatic hydroxyl groups is 1. The Balaban J connectivity index is 3.96. The SMILES string of the molecule is CCC(C)(C)CCC(O)CC(C)C(C)(C)C. The molecule has 0 heterocycles. The molecule has 0 radical (unpaired) electrons. The summed E-state index contributed by atoms with van der Waals surface area (Å²) in [5.41, 5.74) is 0.688. The second-order valence-corrected chi connectivity index (χ2v) is 7.21. The van der Waals surface area contributed by atoms with Gasteiger partial charge in [0, 0.05) is 0 Å². The van der Waals surface area contributed by atoms with Crippen molar-refractivity contribution in [2.45, 2.75) is 80.3 Å². The fraction of sp³-hybridized carbons (Fsp3) is 1.00. The monoisotopic (exact) mass is 228 g/mol. The molecular weight excluding hydrogens is 196 g/mol.